The van der Waals surface area contributed by atoms with Crippen LogP contribution in [0.3, 0.4) is 0 Å². The van der Waals surface area contributed by atoms with Crippen molar-refractivity contribution in [3.8, 4) is 0 Å². The molecule has 0 aromatic heterocycles. The lowest BCUT2D eigenvalue weighted by Crippen LogP contribution is -2.27. The smallest absolute Gasteiger partial charge is 0.253 e. The molecule has 4 heteroatoms. The van der Waals surface area contributed by atoms with Crippen LogP contribution in [0.1, 0.15) is 19.4 Å². The predicted molar refractivity (Wildman–Crippen MR) is 76.4 cm³/mol. The Balaban J connectivity index is 2.02. The molecule has 0 aliphatic heterocycles. The zero-order valence-corrected chi connectivity index (χ0v) is 11.8. The van der Waals surface area contributed by atoms with Crippen molar-refractivity contribution in [1.82, 2.24) is 5.48 Å². The van der Waals surface area contributed by atoms with Gasteiger partial charge in [-0.2, -0.15) is 11.8 Å². The number of carbonyl (C=O) groups is 1. The van der Waals surface area contributed by atoms with E-state index in [1.165, 1.54) is 5.56 Å². The number of hydrogen-bond donors (Lipinski definition) is 1. The molecule has 1 N–H and O–H groups in total. The maximum atomic E-state index is 11.4. The first-order valence-electron chi connectivity index (χ1n) is 6.21. The molecule has 0 radical (unpaired) electrons. The van der Waals surface area contributed by atoms with E-state index in [0.29, 0.717) is 18.3 Å². The van der Waals surface area contributed by atoms with Gasteiger partial charge in [0, 0.05) is 0 Å². The van der Waals surface area contributed by atoms with Gasteiger partial charge >= 0.3 is 0 Å². The van der Waals surface area contributed by atoms with Crippen LogP contribution < -0.4 is 5.48 Å². The minimum Gasteiger partial charge on any atom is -0.273 e. The Morgan fingerprint density at radius 2 is 2.06 bits per heavy atom. The van der Waals surface area contributed by atoms with Crippen LogP contribution in [0.15, 0.2) is 30.3 Å². The SMILES string of the molecule is CC(C)CONC(=O)CSCCc1ccccc1. The molecule has 0 heterocycles. The van der Waals surface area contributed by atoms with Crippen molar-refractivity contribution in [2.24, 2.45) is 5.92 Å². The number of aryl methyl sites for hydroxylation is 1. The van der Waals surface area contributed by atoms with Crippen molar-refractivity contribution < 1.29 is 9.63 Å². The third-order valence-electron chi connectivity index (χ3n) is 2.21. The van der Waals surface area contributed by atoms with Gasteiger partial charge in [0.25, 0.3) is 5.91 Å². The quantitative estimate of drug-likeness (QED) is 0.581. The van der Waals surface area contributed by atoms with Crippen LogP contribution in [0.4, 0.5) is 0 Å². The molecule has 0 aliphatic carbocycles. The Labute approximate surface area is 113 Å². The molecule has 0 saturated heterocycles. The number of carbonyl (C=O) groups excluding carboxylic acids is 1. The fourth-order valence-electron chi connectivity index (χ4n) is 1.32. The largest absolute Gasteiger partial charge is 0.273 e. The maximum absolute atomic E-state index is 11.4. The van der Waals surface area contributed by atoms with Gasteiger partial charge < -0.3 is 0 Å². The van der Waals surface area contributed by atoms with E-state index in [0.717, 1.165) is 12.2 Å². The predicted octanol–water partition coefficient (Wildman–Crippen LogP) is 2.67. The summed E-state index contributed by atoms with van der Waals surface area (Å²) in [6, 6.07) is 10.3. The first-order chi connectivity index (χ1) is 8.68. The monoisotopic (exact) mass is 267 g/mol. The number of nitrogens with one attached hydrogen (secondary N) is 1. The number of amides is 1. The molecule has 0 unspecified atom stereocenters. The number of rotatable bonds is 8. The summed E-state index contributed by atoms with van der Waals surface area (Å²) in [6.45, 7) is 4.64. The van der Waals surface area contributed by atoms with Crippen molar-refractivity contribution in [2.45, 2.75) is 20.3 Å². The van der Waals surface area contributed by atoms with Gasteiger partial charge in [-0.15, -0.1) is 0 Å². The molecule has 1 aromatic carbocycles. The Morgan fingerprint density at radius 3 is 2.72 bits per heavy atom. The molecule has 0 bridgehead atoms. The average Bonchev–Trinajstić information content (AvgIpc) is 2.35. The van der Waals surface area contributed by atoms with Gasteiger partial charge in [-0.25, -0.2) is 5.48 Å². The number of hydrogen-bond acceptors (Lipinski definition) is 3. The van der Waals surface area contributed by atoms with Crippen LogP contribution in [-0.2, 0) is 16.1 Å². The van der Waals surface area contributed by atoms with E-state index >= 15 is 0 Å². The second kappa shape index (κ2) is 9.00. The molecule has 0 fully saturated rings. The summed E-state index contributed by atoms with van der Waals surface area (Å²) in [5.74, 6) is 1.76. The van der Waals surface area contributed by atoms with Crippen molar-refractivity contribution in [1.29, 1.82) is 0 Å². The average molecular weight is 267 g/mol. The minimum absolute atomic E-state index is 0.0614. The van der Waals surface area contributed by atoms with E-state index in [9.17, 15) is 4.79 Å². The van der Waals surface area contributed by atoms with Gasteiger partial charge in [0.1, 0.15) is 0 Å². The van der Waals surface area contributed by atoms with Crippen LogP contribution in [-0.4, -0.2) is 24.0 Å². The van der Waals surface area contributed by atoms with Crippen LogP contribution in [0, 0.1) is 5.92 Å². The third-order valence-corrected chi connectivity index (χ3v) is 3.17. The highest BCUT2D eigenvalue weighted by atomic mass is 32.2. The fraction of sp³-hybridized carbons (Fsp3) is 0.500. The molecule has 100 valence electrons. The van der Waals surface area contributed by atoms with E-state index in [2.05, 4.69) is 17.6 Å². The summed E-state index contributed by atoms with van der Waals surface area (Å²) in [6.07, 6.45) is 0.992. The zero-order chi connectivity index (χ0) is 13.2. The highest BCUT2D eigenvalue weighted by molar-refractivity contribution is 7.99. The van der Waals surface area contributed by atoms with Gasteiger partial charge in [0.15, 0.2) is 0 Å². The summed E-state index contributed by atoms with van der Waals surface area (Å²) in [7, 11) is 0. The second-order valence-corrected chi connectivity index (χ2v) is 5.62. The van der Waals surface area contributed by atoms with E-state index < -0.39 is 0 Å². The van der Waals surface area contributed by atoms with Gasteiger partial charge in [-0.3, -0.25) is 9.63 Å². The molecule has 0 spiro atoms. The lowest BCUT2D eigenvalue weighted by Gasteiger charge is -2.07. The van der Waals surface area contributed by atoms with Gasteiger partial charge in [0.05, 0.1) is 12.4 Å². The van der Waals surface area contributed by atoms with E-state index in [1.807, 2.05) is 32.0 Å². The molecular weight excluding hydrogens is 246 g/mol. The lowest BCUT2D eigenvalue weighted by molar-refractivity contribution is -0.131. The Morgan fingerprint density at radius 1 is 1.33 bits per heavy atom. The van der Waals surface area contributed by atoms with E-state index in [1.54, 1.807) is 11.8 Å². The van der Waals surface area contributed by atoms with Crippen LogP contribution in [0.2, 0.25) is 0 Å². The Hall–Kier alpha value is -1.00. The van der Waals surface area contributed by atoms with Crippen molar-refractivity contribution >= 4 is 17.7 Å². The molecule has 0 atom stereocenters. The first kappa shape index (κ1) is 15.1. The number of thioether (sulfide) groups is 1. The van der Waals surface area contributed by atoms with Crippen molar-refractivity contribution in [3.63, 3.8) is 0 Å². The molecule has 0 saturated carbocycles. The first-order valence-corrected chi connectivity index (χ1v) is 7.36. The van der Waals surface area contributed by atoms with Crippen molar-refractivity contribution in [2.75, 3.05) is 18.1 Å². The second-order valence-electron chi connectivity index (χ2n) is 4.52. The van der Waals surface area contributed by atoms with Gasteiger partial charge in [0.2, 0.25) is 0 Å². The maximum Gasteiger partial charge on any atom is 0.253 e. The molecule has 18 heavy (non-hydrogen) atoms. The number of benzene rings is 1. The van der Waals surface area contributed by atoms with Crippen LogP contribution >= 0.6 is 11.8 Å². The third kappa shape index (κ3) is 7.35. The molecule has 0 aliphatic rings. The zero-order valence-electron chi connectivity index (χ0n) is 11.0. The molecular formula is C14H21NO2S. The molecule has 1 aromatic rings. The van der Waals surface area contributed by atoms with E-state index in [-0.39, 0.29) is 5.91 Å². The van der Waals surface area contributed by atoms with Crippen molar-refractivity contribution in [3.05, 3.63) is 35.9 Å². The standard InChI is InChI=1S/C14H21NO2S/c1-12(2)10-17-15-14(16)11-18-9-8-13-6-4-3-5-7-13/h3-7,12H,8-11H2,1-2H3,(H,15,16). The lowest BCUT2D eigenvalue weighted by atomic mass is 10.2. The normalized spacial score (nSPS) is 10.6. The number of hydroxylamine groups is 1. The topological polar surface area (TPSA) is 38.3 Å². The Bertz CT molecular complexity index is 341. The summed E-state index contributed by atoms with van der Waals surface area (Å²) >= 11 is 1.62. The highest BCUT2D eigenvalue weighted by Crippen LogP contribution is 2.06. The summed E-state index contributed by atoms with van der Waals surface area (Å²) in [4.78, 5) is 16.4. The summed E-state index contributed by atoms with van der Waals surface area (Å²) < 4.78 is 0. The molecule has 3 nitrogen and oxygen atoms in total. The molecule has 1 amide bonds. The minimum atomic E-state index is -0.0614. The van der Waals surface area contributed by atoms with Crippen LogP contribution in [0.25, 0.3) is 0 Å². The highest BCUT2D eigenvalue weighted by Gasteiger charge is 2.02. The summed E-state index contributed by atoms with van der Waals surface area (Å²) in [5, 5.41) is 0. The van der Waals surface area contributed by atoms with Crippen LogP contribution in [0.5, 0.6) is 0 Å². The summed E-state index contributed by atoms with van der Waals surface area (Å²) in [5.41, 5.74) is 3.76. The molecule has 1 rings (SSSR count). The van der Waals surface area contributed by atoms with Gasteiger partial charge in [-0.05, 0) is 23.7 Å². The Kier molecular flexibility index (Phi) is 7.53. The van der Waals surface area contributed by atoms with E-state index in [4.69, 9.17) is 4.84 Å². The fourth-order valence-corrected chi connectivity index (χ4v) is 2.09. The van der Waals surface area contributed by atoms with Gasteiger partial charge in [-0.1, -0.05) is 44.2 Å².